The molecule has 0 heterocycles. The van der Waals surface area contributed by atoms with Crippen LogP contribution in [0.3, 0.4) is 0 Å². The fraction of sp³-hybridized carbons (Fsp3) is 0.472. The first-order valence-electron chi connectivity index (χ1n) is 14.8. The van der Waals surface area contributed by atoms with E-state index >= 15 is 0 Å². The van der Waals surface area contributed by atoms with E-state index in [2.05, 4.69) is 76.2 Å². The smallest absolute Gasteiger partial charge is 0.309 e. The Morgan fingerprint density at radius 3 is 2.05 bits per heavy atom. The number of hydrogen-bond donors (Lipinski definition) is 1. The molecule has 3 aromatic rings. The molecule has 0 bridgehead atoms. The van der Waals surface area contributed by atoms with Gasteiger partial charge in [0.2, 0.25) is 0 Å². The van der Waals surface area contributed by atoms with Crippen LogP contribution in [0.4, 0.5) is 0 Å². The van der Waals surface area contributed by atoms with Crippen molar-refractivity contribution >= 4 is 5.97 Å². The standard InChI is InChI=1S/C36H46O3/c1-6-36(7-2,31-16-15-29(26(3)23-31)19-22-35(38)20-9-8-10-21-35)32-17-18-33(27(4)24-32)30-13-11-28(12-14-30)25-34(37)39-5/h11-18,23-24,38H,6-10,19-22,25H2,1-5H3. The van der Waals surface area contributed by atoms with Gasteiger partial charge in [0.05, 0.1) is 19.1 Å². The number of hydrogen-bond acceptors (Lipinski definition) is 3. The maximum absolute atomic E-state index is 11.6. The van der Waals surface area contributed by atoms with E-state index in [4.69, 9.17) is 4.74 Å². The molecule has 1 saturated carbocycles. The van der Waals surface area contributed by atoms with Crippen molar-refractivity contribution in [1.29, 1.82) is 0 Å². The number of rotatable bonds is 10. The van der Waals surface area contributed by atoms with E-state index in [1.165, 1.54) is 46.9 Å². The summed E-state index contributed by atoms with van der Waals surface area (Å²) in [6, 6.07) is 22.2. The van der Waals surface area contributed by atoms with Crippen molar-refractivity contribution < 1.29 is 14.6 Å². The van der Waals surface area contributed by atoms with Crippen molar-refractivity contribution in [3.63, 3.8) is 0 Å². The maximum Gasteiger partial charge on any atom is 0.309 e. The molecule has 4 rings (SSSR count). The Morgan fingerprint density at radius 2 is 1.49 bits per heavy atom. The molecule has 208 valence electrons. The Kier molecular flexibility index (Phi) is 9.33. The second kappa shape index (κ2) is 12.5. The van der Waals surface area contributed by atoms with Gasteiger partial charge in [0.25, 0.3) is 0 Å². The molecule has 0 spiro atoms. The number of carbonyl (C=O) groups excluding carboxylic acids is 1. The van der Waals surface area contributed by atoms with E-state index < -0.39 is 5.60 Å². The molecular weight excluding hydrogens is 480 g/mol. The average molecular weight is 527 g/mol. The molecule has 0 aromatic heterocycles. The molecule has 0 saturated heterocycles. The summed E-state index contributed by atoms with van der Waals surface area (Å²) >= 11 is 0. The van der Waals surface area contributed by atoms with Crippen LogP contribution in [0.15, 0.2) is 60.7 Å². The minimum Gasteiger partial charge on any atom is -0.469 e. The van der Waals surface area contributed by atoms with E-state index in [0.717, 1.165) is 62.5 Å². The van der Waals surface area contributed by atoms with Crippen LogP contribution < -0.4 is 0 Å². The van der Waals surface area contributed by atoms with Crippen molar-refractivity contribution in [1.82, 2.24) is 0 Å². The van der Waals surface area contributed by atoms with Gasteiger partial charge in [-0.05, 0) is 96.9 Å². The largest absolute Gasteiger partial charge is 0.469 e. The first kappa shape index (κ1) is 29.1. The molecule has 3 aromatic carbocycles. The van der Waals surface area contributed by atoms with Crippen LogP contribution in [0, 0.1) is 13.8 Å². The summed E-state index contributed by atoms with van der Waals surface area (Å²) in [5.41, 5.74) is 9.52. The van der Waals surface area contributed by atoms with Crippen molar-refractivity contribution in [2.75, 3.05) is 7.11 Å². The van der Waals surface area contributed by atoms with E-state index in [9.17, 15) is 9.90 Å². The summed E-state index contributed by atoms with van der Waals surface area (Å²) < 4.78 is 4.80. The molecular formula is C36H46O3. The van der Waals surface area contributed by atoms with Crippen LogP contribution in [0.2, 0.25) is 0 Å². The molecule has 0 amide bonds. The molecule has 0 unspecified atom stereocenters. The second-order valence-corrected chi connectivity index (χ2v) is 11.7. The Balaban J connectivity index is 1.57. The predicted octanol–water partition coefficient (Wildman–Crippen LogP) is 8.42. The molecule has 1 aliphatic carbocycles. The number of aryl methyl sites for hydroxylation is 3. The second-order valence-electron chi connectivity index (χ2n) is 11.7. The van der Waals surface area contributed by atoms with Gasteiger partial charge in [0, 0.05) is 5.41 Å². The number of aliphatic hydroxyl groups is 1. The Hall–Kier alpha value is -2.91. The topological polar surface area (TPSA) is 46.5 Å². The van der Waals surface area contributed by atoms with Crippen LogP contribution in [-0.2, 0) is 27.8 Å². The Labute approximate surface area is 235 Å². The maximum atomic E-state index is 11.6. The summed E-state index contributed by atoms with van der Waals surface area (Å²) in [4.78, 5) is 11.6. The number of esters is 1. The lowest BCUT2D eigenvalue weighted by Crippen LogP contribution is -2.31. The summed E-state index contributed by atoms with van der Waals surface area (Å²) in [5.74, 6) is -0.219. The quantitative estimate of drug-likeness (QED) is 0.270. The van der Waals surface area contributed by atoms with Crippen molar-refractivity contribution in [2.24, 2.45) is 0 Å². The van der Waals surface area contributed by atoms with Gasteiger partial charge in [-0.2, -0.15) is 0 Å². The van der Waals surface area contributed by atoms with Gasteiger partial charge < -0.3 is 9.84 Å². The van der Waals surface area contributed by atoms with Gasteiger partial charge in [-0.1, -0.05) is 93.8 Å². The summed E-state index contributed by atoms with van der Waals surface area (Å²) in [6.07, 6.45) is 9.64. The fourth-order valence-electron chi connectivity index (χ4n) is 6.66. The molecule has 0 atom stereocenters. The highest BCUT2D eigenvalue weighted by Crippen LogP contribution is 2.41. The first-order chi connectivity index (χ1) is 18.7. The molecule has 3 heteroatoms. The van der Waals surface area contributed by atoms with E-state index in [1.807, 2.05) is 12.1 Å². The molecule has 39 heavy (non-hydrogen) atoms. The summed E-state index contributed by atoms with van der Waals surface area (Å²) in [5, 5.41) is 11.0. The molecule has 0 aliphatic heterocycles. The van der Waals surface area contributed by atoms with Gasteiger partial charge in [0.15, 0.2) is 0 Å². The van der Waals surface area contributed by atoms with Crippen LogP contribution in [-0.4, -0.2) is 23.8 Å². The van der Waals surface area contributed by atoms with Crippen molar-refractivity contribution in [3.8, 4) is 11.1 Å². The first-order valence-corrected chi connectivity index (χ1v) is 14.8. The third-order valence-corrected chi connectivity index (χ3v) is 9.37. The lowest BCUT2D eigenvalue weighted by atomic mass is 9.69. The molecule has 1 aliphatic rings. The predicted molar refractivity (Wildman–Crippen MR) is 161 cm³/mol. The Bertz CT molecular complexity index is 1260. The molecule has 3 nitrogen and oxygen atoms in total. The van der Waals surface area contributed by atoms with Gasteiger partial charge >= 0.3 is 5.97 Å². The fourth-order valence-corrected chi connectivity index (χ4v) is 6.66. The average Bonchev–Trinajstić information content (AvgIpc) is 2.94. The van der Waals surface area contributed by atoms with Crippen LogP contribution >= 0.6 is 0 Å². The third-order valence-electron chi connectivity index (χ3n) is 9.37. The number of carbonyl (C=O) groups is 1. The zero-order chi connectivity index (χ0) is 28.0. The van der Waals surface area contributed by atoms with Gasteiger partial charge in [0.1, 0.15) is 0 Å². The van der Waals surface area contributed by atoms with Crippen molar-refractivity contribution in [3.05, 3.63) is 94.0 Å². The monoisotopic (exact) mass is 526 g/mol. The molecule has 0 radical (unpaired) electrons. The zero-order valence-corrected chi connectivity index (χ0v) is 24.6. The highest BCUT2D eigenvalue weighted by atomic mass is 16.5. The number of benzene rings is 3. The minimum absolute atomic E-state index is 0.0431. The number of methoxy groups -OCH3 is 1. The van der Waals surface area contributed by atoms with E-state index in [-0.39, 0.29) is 11.4 Å². The lowest BCUT2D eigenvalue weighted by Gasteiger charge is -2.35. The third kappa shape index (κ3) is 6.47. The summed E-state index contributed by atoms with van der Waals surface area (Å²) in [7, 11) is 1.42. The van der Waals surface area contributed by atoms with E-state index in [0.29, 0.717) is 6.42 Å². The molecule has 1 fully saturated rings. The molecule has 1 N–H and O–H groups in total. The van der Waals surface area contributed by atoms with E-state index in [1.54, 1.807) is 0 Å². The highest BCUT2D eigenvalue weighted by molar-refractivity contribution is 5.73. The minimum atomic E-state index is -0.471. The van der Waals surface area contributed by atoms with Gasteiger partial charge in [-0.3, -0.25) is 4.79 Å². The van der Waals surface area contributed by atoms with Crippen LogP contribution in [0.1, 0.15) is 98.6 Å². The Morgan fingerprint density at radius 1 is 0.872 bits per heavy atom. The van der Waals surface area contributed by atoms with Gasteiger partial charge in [-0.15, -0.1) is 0 Å². The van der Waals surface area contributed by atoms with Crippen LogP contribution in [0.5, 0.6) is 0 Å². The van der Waals surface area contributed by atoms with Gasteiger partial charge in [-0.25, -0.2) is 0 Å². The normalized spacial score (nSPS) is 15.2. The number of ether oxygens (including phenoxy) is 1. The lowest BCUT2D eigenvalue weighted by molar-refractivity contribution is -0.139. The van der Waals surface area contributed by atoms with Crippen molar-refractivity contribution in [2.45, 2.75) is 103 Å². The highest BCUT2D eigenvalue weighted by Gasteiger charge is 2.32. The van der Waals surface area contributed by atoms with Crippen LogP contribution in [0.25, 0.3) is 11.1 Å². The SMILES string of the molecule is CCC(CC)(c1ccc(CCC2(O)CCCCC2)c(C)c1)c1ccc(-c2ccc(CC(=O)OC)cc2)c(C)c1. The summed E-state index contributed by atoms with van der Waals surface area (Å²) in [6.45, 7) is 9.03. The zero-order valence-electron chi connectivity index (χ0n) is 24.6.